The fourth-order valence-electron chi connectivity index (χ4n) is 3.76. The van der Waals surface area contributed by atoms with Gasteiger partial charge in [-0.2, -0.15) is 0 Å². The van der Waals surface area contributed by atoms with Crippen molar-refractivity contribution in [2.24, 2.45) is 0 Å². The summed E-state index contributed by atoms with van der Waals surface area (Å²) in [5.41, 5.74) is 1.93. The van der Waals surface area contributed by atoms with Crippen LogP contribution in [0.2, 0.25) is 0 Å². The van der Waals surface area contributed by atoms with Crippen molar-refractivity contribution in [2.45, 2.75) is 11.2 Å². The van der Waals surface area contributed by atoms with Crippen molar-refractivity contribution in [3.05, 3.63) is 101 Å². The molecule has 8 heteroatoms. The Morgan fingerprint density at radius 1 is 1.03 bits per heavy atom. The first-order valence-corrected chi connectivity index (χ1v) is 11.9. The van der Waals surface area contributed by atoms with Gasteiger partial charge in [0.1, 0.15) is 11.9 Å². The van der Waals surface area contributed by atoms with E-state index in [9.17, 15) is 14.0 Å². The maximum absolute atomic E-state index is 13.5. The Morgan fingerprint density at radius 3 is 2.41 bits per heavy atom. The molecule has 0 unspecified atom stereocenters. The number of nitrogens with one attached hydrogen (secondary N) is 2. The lowest BCUT2D eigenvalue weighted by atomic mass is 10.1. The third kappa shape index (κ3) is 5.35. The fraction of sp³-hybridized carbons (Fsp3) is 0.192. The number of quaternary nitrogens is 1. The molecule has 34 heavy (non-hydrogen) atoms. The van der Waals surface area contributed by atoms with Gasteiger partial charge >= 0.3 is 0 Å². The number of hydrogen-bond acceptors (Lipinski definition) is 4. The molecule has 1 atom stereocenters. The van der Waals surface area contributed by atoms with Crippen molar-refractivity contribution < 1.29 is 14.1 Å². The zero-order valence-electron chi connectivity index (χ0n) is 19.0. The Labute approximate surface area is 201 Å². The number of rotatable bonds is 8. The smallest absolute Gasteiger partial charge is 0.266 e. The second-order valence-electron chi connectivity index (χ2n) is 8.16. The standard InChI is InChI=1S/C26H25FN4O2S/c1-30(2)23(18-8-4-3-5-9-18)16-28-24(32)17-34-26-29-22-11-7-6-10-21(22)25(33)31(26)20-14-12-19(27)13-15-20/h3-15,23H,16-17H2,1-2H3,(H,28,32)/p+1/t23-/m0/s1. The van der Waals surface area contributed by atoms with Crippen LogP contribution in [0.3, 0.4) is 0 Å². The first kappa shape index (κ1) is 23.7. The second-order valence-corrected chi connectivity index (χ2v) is 9.10. The molecule has 6 nitrogen and oxygen atoms in total. The molecule has 0 aliphatic rings. The molecule has 0 bridgehead atoms. The number of thioether (sulfide) groups is 1. The van der Waals surface area contributed by atoms with Gasteiger partial charge in [0.2, 0.25) is 5.91 Å². The van der Waals surface area contributed by atoms with E-state index in [0.29, 0.717) is 28.3 Å². The van der Waals surface area contributed by atoms with Crippen molar-refractivity contribution in [3.63, 3.8) is 0 Å². The van der Waals surface area contributed by atoms with Crippen molar-refractivity contribution in [3.8, 4) is 5.69 Å². The number of carbonyl (C=O) groups excluding carboxylic acids is 1. The van der Waals surface area contributed by atoms with E-state index >= 15 is 0 Å². The lowest BCUT2D eigenvalue weighted by Gasteiger charge is -2.22. The summed E-state index contributed by atoms with van der Waals surface area (Å²) in [5.74, 6) is -0.452. The number of benzene rings is 3. The van der Waals surface area contributed by atoms with E-state index in [4.69, 9.17) is 0 Å². The van der Waals surface area contributed by atoms with Gasteiger partial charge < -0.3 is 10.2 Å². The Morgan fingerprint density at radius 2 is 1.71 bits per heavy atom. The van der Waals surface area contributed by atoms with Gasteiger partial charge in [0.25, 0.3) is 5.56 Å². The number of carbonyl (C=O) groups is 1. The molecule has 0 aliphatic carbocycles. The quantitative estimate of drug-likeness (QED) is 0.302. The Kier molecular flexibility index (Phi) is 7.40. The number of nitrogens with zero attached hydrogens (tertiary/aromatic N) is 2. The predicted molar refractivity (Wildman–Crippen MR) is 133 cm³/mol. The summed E-state index contributed by atoms with van der Waals surface area (Å²) in [5, 5.41) is 3.84. The monoisotopic (exact) mass is 477 g/mol. The van der Waals surface area contributed by atoms with Crippen LogP contribution in [0.5, 0.6) is 0 Å². The highest BCUT2D eigenvalue weighted by Crippen LogP contribution is 2.21. The summed E-state index contributed by atoms with van der Waals surface area (Å²) in [6, 6.07) is 22.9. The zero-order valence-corrected chi connectivity index (χ0v) is 19.8. The lowest BCUT2D eigenvalue weighted by molar-refractivity contribution is -0.890. The van der Waals surface area contributed by atoms with E-state index in [-0.39, 0.29) is 23.3 Å². The Balaban J connectivity index is 1.54. The summed E-state index contributed by atoms with van der Waals surface area (Å²) in [7, 11) is 4.11. The van der Waals surface area contributed by atoms with Gasteiger partial charge in [-0.3, -0.25) is 14.2 Å². The van der Waals surface area contributed by atoms with Crippen LogP contribution in [0.25, 0.3) is 16.6 Å². The van der Waals surface area contributed by atoms with Gasteiger partial charge in [-0.1, -0.05) is 54.2 Å². The minimum absolute atomic E-state index is 0.0935. The summed E-state index contributed by atoms with van der Waals surface area (Å²) in [6.07, 6.45) is 0. The third-order valence-electron chi connectivity index (χ3n) is 5.56. The van der Waals surface area contributed by atoms with Crippen LogP contribution < -0.4 is 15.8 Å². The molecule has 0 saturated heterocycles. The summed E-state index contributed by atoms with van der Waals surface area (Å²) in [4.78, 5) is 31.8. The zero-order chi connectivity index (χ0) is 24.1. The molecular weight excluding hydrogens is 451 g/mol. The van der Waals surface area contributed by atoms with Gasteiger partial charge in [-0.05, 0) is 36.4 Å². The number of aromatic nitrogens is 2. The Bertz CT molecular complexity index is 1340. The highest BCUT2D eigenvalue weighted by atomic mass is 32.2. The first-order valence-electron chi connectivity index (χ1n) is 11.0. The SMILES string of the molecule is C[NH+](C)[C@@H](CNC(=O)CSc1nc2ccccc2c(=O)n1-c1ccc(F)cc1)c1ccccc1. The second kappa shape index (κ2) is 10.6. The van der Waals surface area contributed by atoms with Gasteiger partial charge in [0.05, 0.1) is 43.0 Å². The van der Waals surface area contributed by atoms with Crippen LogP contribution >= 0.6 is 11.8 Å². The molecular formula is C26H26FN4O2S+. The van der Waals surface area contributed by atoms with E-state index in [1.165, 1.54) is 45.5 Å². The molecule has 4 aromatic rings. The fourth-order valence-corrected chi connectivity index (χ4v) is 4.61. The third-order valence-corrected chi connectivity index (χ3v) is 6.50. The van der Waals surface area contributed by atoms with Gasteiger partial charge in [-0.15, -0.1) is 0 Å². The number of amides is 1. The van der Waals surface area contributed by atoms with E-state index in [2.05, 4.69) is 36.5 Å². The largest absolute Gasteiger partial charge is 0.349 e. The predicted octanol–water partition coefficient (Wildman–Crippen LogP) is 2.62. The molecule has 0 radical (unpaired) electrons. The number of halogens is 1. The first-order chi connectivity index (χ1) is 16.4. The average molecular weight is 478 g/mol. The number of likely N-dealkylation sites (N-methyl/N-ethyl adjacent to an activating group) is 1. The van der Waals surface area contributed by atoms with Gasteiger partial charge in [0.15, 0.2) is 5.16 Å². The van der Waals surface area contributed by atoms with Gasteiger partial charge in [0, 0.05) is 5.56 Å². The van der Waals surface area contributed by atoms with Crippen molar-refractivity contribution in [2.75, 3.05) is 26.4 Å². The van der Waals surface area contributed by atoms with Crippen LogP contribution in [0.15, 0.2) is 88.8 Å². The van der Waals surface area contributed by atoms with Crippen LogP contribution in [0, 0.1) is 5.82 Å². The molecule has 3 aromatic carbocycles. The van der Waals surface area contributed by atoms with Gasteiger partial charge in [-0.25, -0.2) is 9.37 Å². The maximum Gasteiger partial charge on any atom is 0.266 e. The number of hydrogen-bond donors (Lipinski definition) is 2. The molecule has 0 fully saturated rings. The highest BCUT2D eigenvalue weighted by molar-refractivity contribution is 7.99. The van der Waals surface area contributed by atoms with Crippen molar-refractivity contribution >= 4 is 28.6 Å². The molecule has 4 rings (SSSR count). The van der Waals surface area contributed by atoms with E-state index < -0.39 is 5.82 Å². The molecule has 0 saturated carbocycles. The Hall–Kier alpha value is -3.49. The van der Waals surface area contributed by atoms with E-state index in [1.807, 2.05) is 24.3 Å². The summed E-state index contributed by atoms with van der Waals surface area (Å²) in [6.45, 7) is 0.488. The van der Waals surface area contributed by atoms with Crippen molar-refractivity contribution in [1.82, 2.24) is 14.9 Å². The lowest BCUT2D eigenvalue weighted by Crippen LogP contribution is -3.07. The maximum atomic E-state index is 13.5. The number of para-hydroxylation sites is 1. The normalized spacial score (nSPS) is 12.1. The van der Waals surface area contributed by atoms with E-state index in [0.717, 1.165) is 5.56 Å². The average Bonchev–Trinajstić information content (AvgIpc) is 2.84. The van der Waals surface area contributed by atoms with Crippen LogP contribution in [-0.4, -0.2) is 41.9 Å². The van der Waals surface area contributed by atoms with Crippen LogP contribution in [-0.2, 0) is 4.79 Å². The highest BCUT2D eigenvalue weighted by Gasteiger charge is 2.19. The van der Waals surface area contributed by atoms with E-state index in [1.54, 1.807) is 18.2 Å². The molecule has 1 heterocycles. The van der Waals surface area contributed by atoms with Crippen molar-refractivity contribution in [1.29, 1.82) is 0 Å². The molecule has 2 N–H and O–H groups in total. The topological polar surface area (TPSA) is 68.4 Å². The molecule has 1 aromatic heterocycles. The minimum Gasteiger partial charge on any atom is -0.349 e. The number of fused-ring (bicyclic) bond motifs is 1. The molecule has 0 aliphatic heterocycles. The molecule has 174 valence electrons. The summed E-state index contributed by atoms with van der Waals surface area (Å²) < 4.78 is 14.9. The van der Waals surface area contributed by atoms with Crippen LogP contribution in [0.1, 0.15) is 11.6 Å². The summed E-state index contributed by atoms with van der Waals surface area (Å²) >= 11 is 1.18. The van der Waals surface area contributed by atoms with Crippen LogP contribution in [0.4, 0.5) is 4.39 Å². The minimum atomic E-state index is -0.393. The molecule has 0 spiro atoms. The molecule has 1 amide bonds.